The first-order valence-electron chi connectivity index (χ1n) is 10.3. The number of benzene rings is 2. The number of thioether (sulfide) groups is 1. The van der Waals surface area contributed by atoms with Gasteiger partial charge >= 0.3 is 6.09 Å². The standard InChI is InChI=1S/C24H23N5O5S/c1-14-26-22(29-34-14)15-6-8-17(9-7-15)27-21(23(35-5)28-24(30)33-4)18-13-20(32-3)19(31-2)12-16(18)10-11-25/h6-9,12-13H,10H2,1-5H3/b27-21-,28-23-. The first-order valence-corrected chi connectivity index (χ1v) is 11.5. The molecule has 11 heteroatoms. The molecule has 2 aromatic carbocycles. The number of hydrogen-bond acceptors (Lipinski definition) is 10. The number of nitrogens with zero attached hydrogens (tertiary/aromatic N) is 5. The molecule has 1 amide bonds. The second kappa shape index (κ2) is 11.8. The Balaban J connectivity index is 2.20. The average Bonchev–Trinajstić information content (AvgIpc) is 3.32. The number of rotatable bonds is 7. The van der Waals surface area contributed by atoms with Gasteiger partial charge in [-0.3, -0.25) is 0 Å². The second-order valence-electron chi connectivity index (χ2n) is 6.93. The van der Waals surface area contributed by atoms with Crippen LogP contribution in [0.4, 0.5) is 10.5 Å². The van der Waals surface area contributed by atoms with E-state index in [1.165, 1.54) is 33.1 Å². The van der Waals surface area contributed by atoms with Crippen molar-refractivity contribution in [2.75, 3.05) is 27.6 Å². The van der Waals surface area contributed by atoms with E-state index in [-0.39, 0.29) is 6.42 Å². The lowest BCUT2D eigenvalue weighted by atomic mass is 9.99. The fraction of sp³-hybridized carbons (Fsp3) is 0.250. The number of ether oxygens (including phenoxy) is 3. The van der Waals surface area contributed by atoms with Gasteiger partial charge in [0.25, 0.3) is 0 Å². The molecule has 1 aromatic heterocycles. The van der Waals surface area contributed by atoms with Crippen LogP contribution in [-0.2, 0) is 11.2 Å². The normalized spacial score (nSPS) is 11.7. The Hall–Kier alpha value is -4.17. The Morgan fingerprint density at radius 2 is 1.83 bits per heavy atom. The summed E-state index contributed by atoms with van der Waals surface area (Å²) in [4.78, 5) is 25.1. The maximum absolute atomic E-state index is 12.0. The van der Waals surface area contributed by atoms with Crippen molar-refractivity contribution < 1.29 is 23.5 Å². The largest absolute Gasteiger partial charge is 0.493 e. The molecular formula is C24H23N5O5S. The molecule has 0 aliphatic carbocycles. The summed E-state index contributed by atoms with van der Waals surface area (Å²) in [6.45, 7) is 1.72. The van der Waals surface area contributed by atoms with Crippen molar-refractivity contribution >= 4 is 34.3 Å². The molecule has 0 aliphatic heterocycles. The Kier molecular flexibility index (Phi) is 8.58. The molecular weight excluding hydrogens is 470 g/mol. The Labute approximate surface area is 206 Å². The third kappa shape index (κ3) is 6.04. The van der Waals surface area contributed by atoms with Crippen LogP contribution >= 0.6 is 11.8 Å². The SMILES string of the molecule is COC(=O)/N=C(SC)/C(=N\c1ccc(-c2noc(C)n2)cc1)c1cc(OC)c(OC)cc1CC#N. The van der Waals surface area contributed by atoms with Gasteiger partial charge in [0.05, 0.1) is 39.5 Å². The molecule has 0 saturated carbocycles. The smallest absolute Gasteiger partial charge is 0.434 e. The molecule has 0 N–H and O–H groups in total. The molecule has 0 bridgehead atoms. The average molecular weight is 494 g/mol. The number of carbonyl (C=O) groups is 1. The van der Waals surface area contributed by atoms with E-state index in [0.29, 0.717) is 50.8 Å². The first kappa shape index (κ1) is 25.5. The summed E-state index contributed by atoms with van der Waals surface area (Å²) in [5, 5.41) is 13.7. The highest BCUT2D eigenvalue weighted by atomic mass is 32.2. The van der Waals surface area contributed by atoms with Crippen molar-refractivity contribution in [3.05, 3.63) is 53.4 Å². The highest BCUT2D eigenvalue weighted by molar-refractivity contribution is 8.15. The van der Waals surface area contributed by atoms with Gasteiger partial charge in [-0.15, -0.1) is 11.8 Å². The number of methoxy groups -OCH3 is 3. The van der Waals surface area contributed by atoms with Crippen molar-refractivity contribution in [2.45, 2.75) is 13.3 Å². The number of aliphatic imine (C=N–C) groups is 2. The highest BCUT2D eigenvalue weighted by Gasteiger charge is 2.21. The summed E-state index contributed by atoms with van der Waals surface area (Å²) in [7, 11) is 4.27. The molecule has 3 rings (SSSR count). The fourth-order valence-electron chi connectivity index (χ4n) is 3.15. The Morgan fingerprint density at radius 1 is 1.14 bits per heavy atom. The molecule has 10 nitrogen and oxygen atoms in total. The molecule has 0 saturated heterocycles. The van der Waals surface area contributed by atoms with Gasteiger partial charge in [-0.1, -0.05) is 5.16 Å². The van der Waals surface area contributed by atoms with Crippen LogP contribution in [0.15, 0.2) is 50.9 Å². The summed E-state index contributed by atoms with van der Waals surface area (Å²) >= 11 is 1.22. The van der Waals surface area contributed by atoms with Crippen molar-refractivity contribution in [1.29, 1.82) is 5.26 Å². The third-order valence-corrected chi connectivity index (χ3v) is 5.46. The van der Waals surface area contributed by atoms with Gasteiger partial charge in [-0.25, -0.2) is 9.79 Å². The van der Waals surface area contributed by atoms with Gasteiger partial charge in [0, 0.05) is 18.1 Å². The maximum Gasteiger partial charge on any atom is 0.434 e. The predicted molar refractivity (Wildman–Crippen MR) is 133 cm³/mol. The lowest BCUT2D eigenvalue weighted by Gasteiger charge is -2.16. The van der Waals surface area contributed by atoms with Crippen molar-refractivity contribution in [3.63, 3.8) is 0 Å². The van der Waals surface area contributed by atoms with Crippen molar-refractivity contribution in [3.8, 4) is 29.0 Å². The lowest BCUT2D eigenvalue weighted by Crippen LogP contribution is -2.17. The molecule has 0 aliphatic rings. The topological polar surface area (TPSA) is 132 Å². The Morgan fingerprint density at radius 3 is 2.37 bits per heavy atom. The van der Waals surface area contributed by atoms with Crippen LogP contribution in [0, 0.1) is 18.3 Å². The monoisotopic (exact) mass is 493 g/mol. The number of aromatic nitrogens is 2. The van der Waals surface area contributed by atoms with Crippen LogP contribution in [-0.4, -0.2) is 54.6 Å². The van der Waals surface area contributed by atoms with Gasteiger partial charge in [0.1, 0.15) is 10.8 Å². The number of aryl methyl sites for hydroxylation is 1. The summed E-state index contributed by atoms with van der Waals surface area (Å²) in [5.41, 5.74) is 2.91. The predicted octanol–water partition coefficient (Wildman–Crippen LogP) is 4.78. The molecule has 1 heterocycles. The van der Waals surface area contributed by atoms with E-state index >= 15 is 0 Å². The molecule has 0 radical (unpaired) electrons. The lowest BCUT2D eigenvalue weighted by molar-refractivity contribution is 0.183. The van der Waals surface area contributed by atoms with Gasteiger partial charge in [-0.05, 0) is 48.2 Å². The van der Waals surface area contributed by atoms with Crippen LogP contribution in [0.1, 0.15) is 17.0 Å². The first-order chi connectivity index (χ1) is 16.9. The van der Waals surface area contributed by atoms with Crippen LogP contribution in [0.2, 0.25) is 0 Å². The van der Waals surface area contributed by atoms with E-state index in [0.717, 1.165) is 5.56 Å². The summed E-state index contributed by atoms with van der Waals surface area (Å²) in [5.74, 6) is 1.84. The summed E-state index contributed by atoms with van der Waals surface area (Å²) in [6, 6.07) is 12.8. The molecule has 35 heavy (non-hydrogen) atoms. The molecule has 0 fully saturated rings. The molecule has 3 aromatic rings. The highest BCUT2D eigenvalue weighted by Crippen LogP contribution is 2.33. The quantitative estimate of drug-likeness (QED) is 0.337. The second-order valence-corrected chi connectivity index (χ2v) is 7.73. The van der Waals surface area contributed by atoms with Crippen LogP contribution in [0.25, 0.3) is 11.4 Å². The zero-order chi connectivity index (χ0) is 25.4. The van der Waals surface area contributed by atoms with E-state index < -0.39 is 6.09 Å². The van der Waals surface area contributed by atoms with Gasteiger partial charge in [0.15, 0.2) is 11.5 Å². The number of carbonyl (C=O) groups excluding carboxylic acids is 1. The molecule has 0 unspecified atom stereocenters. The molecule has 0 spiro atoms. The number of nitriles is 1. The zero-order valence-electron chi connectivity index (χ0n) is 19.9. The van der Waals surface area contributed by atoms with E-state index in [1.807, 2.05) is 12.1 Å². The minimum atomic E-state index is -0.771. The Bertz CT molecular complexity index is 1310. The van der Waals surface area contributed by atoms with Crippen LogP contribution in [0.3, 0.4) is 0 Å². The molecule has 180 valence electrons. The minimum absolute atomic E-state index is 0.0741. The number of hydrogen-bond donors (Lipinski definition) is 0. The molecule has 0 atom stereocenters. The van der Waals surface area contributed by atoms with E-state index in [1.54, 1.807) is 37.4 Å². The van der Waals surface area contributed by atoms with Gasteiger partial charge in [-0.2, -0.15) is 15.2 Å². The third-order valence-electron chi connectivity index (χ3n) is 4.79. The summed E-state index contributed by atoms with van der Waals surface area (Å²) in [6.07, 6.45) is 1.07. The fourth-order valence-corrected chi connectivity index (χ4v) is 3.67. The van der Waals surface area contributed by atoms with Crippen LogP contribution < -0.4 is 9.47 Å². The van der Waals surface area contributed by atoms with E-state index in [4.69, 9.17) is 23.7 Å². The van der Waals surface area contributed by atoms with E-state index in [9.17, 15) is 10.1 Å². The van der Waals surface area contributed by atoms with Crippen LogP contribution in [0.5, 0.6) is 11.5 Å². The number of amides is 1. The van der Waals surface area contributed by atoms with Crippen molar-refractivity contribution in [1.82, 2.24) is 10.1 Å². The van der Waals surface area contributed by atoms with Gasteiger partial charge in [0.2, 0.25) is 11.7 Å². The minimum Gasteiger partial charge on any atom is -0.493 e. The van der Waals surface area contributed by atoms with Crippen molar-refractivity contribution in [2.24, 2.45) is 9.98 Å². The maximum atomic E-state index is 12.0. The van der Waals surface area contributed by atoms with E-state index in [2.05, 4.69) is 21.2 Å². The summed E-state index contributed by atoms with van der Waals surface area (Å²) < 4.78 is 20.6. The van der Waals surface area contributed by atoms with Gasteiger partial charge < -0.3 is 18.7 Å². The zero-order valence-corrected chi connectivity index (χ0v) is 20.7.